The Morgan fingerprint density at radius 1 is 1.41 bits per heavy atom. The molecule has 0 radical (unpaired) electrons. The number of nitrogens with one attached hydrogen (secondary N) is 1. The Hall–Kier alpha value is -2.04. The van der Waals surface area contributed by atoms with E-state index in [1.807, 2.05) is 0 Å². The third-order valence-electron chi connectivity index (χ3n) is 4.74. The molecule has 118 valence electrons. The molecule has 0 aliphatic carbocycles. The third-order valence-corrected chi connectivity index (χ3v) is 4.74. The molecule has 3 rings (SSSR count). The van der Waals surface area contributed by atoms with Crippen LogP contribution in [0.2, 0.25) is 0 Å². The van der Waals surface area contributed by atoms with E-state index >= 15 is 0 Å². The van der Waals surface area contributed by atoms with E-state index < -0.39 is 0 Å². The van der Waals surface area contributed by atoms with Crippen LogP contribution in [0.15, 0.2) is 24.3 Å². The molecule has 2 aliphatic heterocycles. The van der Waals surface area contributed by atoms with E-state index in [1.54, 1.807) is 11.9 Å². The number of carbonyl (C=O) groups excluding carboxylic acids is 2. The van der Waals surface area contributed by atoms with Crippen molar-refractivity contribution in [3.05, 3.63) is 29.8 Å². The van der Waals surface area contributed by atoms with Gasteiger partial charge in [0, 0.05) is 44.8 Å². The number of benzene rings is 1. The molecule has 0 aromatic heterocycles. The van der Waals surface area contributed by atoms with Crippen molar-refractivity contribution in [2.45, 2.75) is 25.8 Å². The summed E-state index contributed by atoms with van der Waals surface area (Å²) < 4.78 is 0. The second kappa shape index (κ2) is 5.99. The van der Waals surface area contributed by atoms with Crippen molar-refractivity contribution in [2.24, 2.45) is 5.92 Å². The molecule has 0 saturated carbocycles. The minimum absolute atomic E-state index is 0.00275. The van der Waals surface area contributed by atoms with Gasteiger partial charge < -0.3 is 15.1 Å². The van der Waals surface area contributed by atoms with Crippen molar-refractivity contribution in [3.8, 4) is 0 Å². The topological polar surface area (TPSA) is 52.7 Å². The van der Waals surface area contributed by atoms with Gasteiger partial charge in [-0.25, -0.2) is 0 Å². The van der Waals surface area contributed by atoms with E-state index in [4.69, 9.17) is 0 Å². The highest BCUT2D eigenvalue weighted by Gasteiger charge is 2.32. The van der Waals surface area contributed by atoms with E-state index in [9.17, 15) is 9.59 Å². The average Bonchev–Trinajstić information content (AvgIpc) is 3.09. The van der Waals surface area contributed by atoms with E-state index in [0.29, 0.717) is 19.5 Å². The van der Waals surface area contributed by atoms with Crippen LogP contribution >= 0.6 is 0 Å². The van der Waals surface area contributed by atoms with E-state index in [0.717, 1.165) is 13.0 Å². The highest BCUT2D eigenvalue weighted by atomic mass is 16.2. The van der Waals surface area contributed by atoms with Gasteiger partial charge in [-0.3, -0.25) is 9.59 Å². The van der Waals surface area contributed by atoms with Gasteiger partial charge in [0.25, 0.3) is 0 Å². The molecule has 1 aromatic carbocycles. The van der Waals surface area contributed by atoms with Crippen molar-refractivity contribution in [1.29, 1.82) is 0 Å². The van der Waals surface area contributed by atoms with Gasteiger partial charge in [-0.15, -0.1) is 0 Å². The van der Waals surface area contributed by atoms with Crippen LogP contribution in [0.5, 0.6) is 0 Å². The fourth-order valence-electron chi connectivity index (χ4n) is 3.36. The Morgan fingerprint density at radius 3 is 2.91 bits per heavy atom. The maximum atomic E-state index is 12.2. The lowest BCUT2D eigenvalue weighted by Gasteiger charge is -2.28. The summed E-state index contributed by atoms with van der Waals surface area (Å²) in [6.45, 7) is 4.28. The van der Waals surface area contributed by atoms with Gasteiger partial charge in [0.1, 0.15) is 0 Å². The Bertz CT molecular complexity index is 587. The summed E-state index contributed by atoms with van der Waals surface area (Å²) in [7, 11) is 1.75. The fraction of sp³-hybridized carbons (Fsp3) is 0.529. The molecule has 2 atom stereocenters. The zero-order valence-electron chi connectivity index (χ0n) is 13.2. The van der Waals surface area contributed by atoms with Crippen LogP contribution in [0.25, 0.3) is 0 Å². The first kappa shape index (κ1) is 14.9. The molecule has 1 saturated heterocycles. The zero-order valence-corrected chi connectivity index (χ0v) is 13.2. The fourth-order valence-corrected chi connectivity index (χ4v) is 3.36. The second-order valence-electron chi connectivity index (χ2n) is 6.34. The van der Waals surface area contributed by atoms with Crippen LogP contribution in [-0.4, -0.2) is 49.4 Å². The number of nitrogens with zero attached hydrogens (tertiary/aromatic N) is 2. The van der Waals surface area contributed by atoms with Crippen molar-refractivity contribution in [3.63, 3.8) is 0 Å². The van der Waals surface area contributed by atoms with Gasteiger partial charge in [-0.2, -0.15) is 0 Å². The molecular formula is C17H23N3O2. The van der Waals surface area contributed by atoms with Crippen molar-refractivity contribution < 1.29 is 9.59 Å². The number of rotatable bonds is 4. The van der Waals surface area contributed by atoms with Gasteiger partial charge in [-0.1, -0.05) is 18.2 Å². The van der Waals surface area contributed by atoms with E-state index in [-0.39, 0.29) is 23.8 Å². The maximum Gasteiger partial charge on any atom is 0.225 e. The number of anilines is 1. The lowest BCUT2D eigenvalue weighted by atomic mass is 10.1. The Morgan fingerprint density at radius 2 is 2.18 bits per heavy atom. The molecule has 0 unspecified atom stereocenters. The minimum atomic E-state index is -0.199. The van der Waals surface area contributed by atoms with Crippen LogP contribution < -0.4 is 10.2 Å². The molecule has 2 heterocycles. The molecule has 5 nitrogen and oxygen atoms in total. The van der Waals surface area contributed by atoms with Crippen LogP contribution in [0.1, 0.15) is 18.9 Å². The van der Waals surface area contributed by atoms with Crippen LogP contribution in [0, 0.1) is 5.92 Å². The SMILES string of the molecule is C[C@H](CNC(=O)[C@@H]1CC(=O)N(C)C1)N1CCc2ccccc21. The van der Waals surface area contributed by atoms with Crippen LogP contribution in [0.4, 0.5) is 5.69 Å². The van der Waals surface area contributed by atoms with Gasteiger partial charge >= 0.3 is 0 Å². The van der Waals surface area contributed by atoms with Gasteiger partial charge in [-0.05, 0) is 25.0 Å². The smallest absolute Gasteiger partial charge is 0.225 e. The molecule has 22 heavy (non-hydrogen) atoms. The van der Waals surface area contributed by atoms with Crippen LogP contribution in [-0.2, 0) is 16.0 Å². The number of amides is 2. The van der Waals surface area contributed by atoms with Crippen molar-refractivity contribution in [1.82, 2.24) is 10.2 Å². The van der Waals surface area contributed by atoms with Gasteiger partial charge in [0.2, 0.25) is 11.8 Å². The number of likely N-dealkylation sites (tertiary alicyclic amines) is 1. The van der Waals surface area contributed by atoms with Gasteiger partial charge in [0.15, 0.2) is 0 Å². The first-order valence-corrected chi connectivity index (χ1v) is 7.92. The molecule has 0 spiro atoms. The summed E-state index contributed by atoms with van der Waals surface area (Å²) in [4.78, 5) is 27.7. The molecule has 2 aliphatic rings. The lowest BCUT2D eigenvalue weighted by molar-refractivity contribution is -0.128. The van der Waals surface area contributed by atoms with E-state index in [2.05, 4.69) is 41.4 Å². The van der Waals surface area contributed by atoms with Crippen LogP contribution in [0.3, 0.4) is 0 Å². The largest absolute Gasteiger partial charge is 0.366 e. The summed E-state index contributed by atoms with van der Waals surface area (Å²) in [5.41, 5.74) is 2.66. The first-order chi connectivity index (χ1) is 10.6. The molecule has 2 amide bonds. The van der Waals surface area contributed by atoms with Crippen molar-refractivity contribution in [2.75, 3.05) is 31.6 Å². The Kier molecular flexibility index (Phi) is 4.05. The monoisotopic (exact) mass is 301 g/mol. The molecule has 5 heteroatoms. The average molecular weight is 301 g/mol. The zero-order chi connectivity index (χ0) is 15.7. The predicted octanol–water partition coefficient (Wildman–Crippen LogP) is 1.03. The number of para-hydroxylation sites is 1. The van der Waals surface area contributed by atoms with Gasteiger partial charge in [0.05, 0.1) is 5.92 Å². The molecular weight excluding hydrogens is 278 g/mol. The number of carbonyl (C=O) groups is 2. The number of hydrogen-bond acceptors (Lipinski definition) is 3. The lowest BCUT2D eigenvalue weighted by Crippen LogP contribution is -2.43. The summed E-state index contributed by atoms with van der Waals surface area (Å²) in [6, 6.07) is 8.69. The maximum absolute atomic E-state index is 12.2. The number of fused-ring (bicyclic) bond motifs is 1. The normalized spacial score (nSPS) is 21.9. The summed E-state index contributed by atoms with van der Waals surface area (Å²) in [5, 5.41) is 3.01. The highest BCUT2D eigenvalue weighted by Crippen LogP contribution is 2.29. The number of hydrogen-bond donors (Lipinski definition) is 1. The van der Waals surface area contributed by atoms with Crippen molar-refractivity contribution >= 4 is 17.5 Å². The quantitative estimate of drug-likeness (QED) is 0.904. The summed E-state index contributed by atoms with van der Waals surface area (Å²) >= 11 is 0. The molecule has 0 bridgehead atoms. The highest BCUT2D eigenvalue weighted by molar-refractivity contribution is 5.89. The summed E-state index contributed by atoms with van der Waals surface area (Å²) in [6.07, 6.45) is 1.40. The molecule has 1 fully saturated rings. The first-order valence-electron chi connectivity index (χ1n) is 7.92. The van der Waals surface area contributed by atoms with E-state index in [1.165, 1.54) is 11.3 Å². The Labute approximate surface area is 131 Å². The Balaban J connectivity index is 1.54. The second-order valence-corrected chi connectivity index (χ2v) is 6.34. The predicted molar refractivity (Wildman–Crippen MR) is 85.7 cm³/mol. The third kappa shape index (κ3) is 2.80. The minimum Gasteiger partial charge on any atom is -0.366 e. The summed E-state index contributed by atoms with van der Waals surface area (Å²) in [5.74, 6) is -0.144. The molecule has 1 aromatic rings. The molecule has 1 N–H and O–H groups in total. The standard InChI is InChI=1S/C17H23N3O2/c1-12(20-8-7-13-5-3-4-6-15(13)20)10-18-17(22)14-9-16(21)19(2)11-14/h3-6,12,14H,7-11H2,1-2H3,(H,18,22)/t12-,14-/m1/s1.